The highest BCUT2D eigenvalue weighted by Gasteiger charge is 2.16. The average Bonchev–Trinajstić information content (AvgIpc) is 3.25. The molecule has 3 aromatic heterocycles. The Morgan fingerprint density at radius 3 is 2.61 bits per heavy atom. The summed E-state index contributed by atoms with van der Waals surface area (Å²) in [6, 6.07) is 9.06. The summed E-state index contributed by atoms with van der Waals surface area (Å²) >= 11 is 0. The number of fused-ring (bicyclic) bond motifs is 1. The van der Waals surface area contributed by atoms with Gasteiger partial charge in [-0.05, 0) is 29.8 Å². The van der Waals surface area contributed by atoms with Gasteiger partial charge in [-0.15, -0.1) is 0 Å². The maximum atomic E-state index is 14.5. The minimum Gasteiger partial charge on any atom is -0.478 e. The van der Waals surface area contributed by atoms with Gasteiger partial charge >= 0.3 is 0 Å². The van der Waals surface area contributed by atoms with Crippen molar-refractivity contribution in [1.29, 1.82) is 0 Å². The molecule has 1 aliphatic rings. The summed E-state index contributed by atoms with van der Waals surface area (Å²) in [5, 5.41) is 4.38. The second-order valence-corrected chi connectivity index (χ2v) is 10.2. The van der Waals surface area contributed by atoms with E-state index in [1.807, 2.05) is 6.07 Å². The summed E-state index contributed by atoms with van der Waals surface area (Å²) < 4.78 is 67.2. The van der Waals surface area contributed by atoms with Crippen molar-refractivity contribution in [2.24, 2.45) is 0 Å². The van der Waals surface area contributed by atoms with Crippen molar-refractivity contribution in [3.05, 3.63) is 66.6 Å². The number of hydrogen-bond donors (Lipinski definition) is 1. The van der Waals surface area contributed by atoms with Gasteiger partial charge in [0.15, 0.2) is 5.82 Å². The zero-order valence-electron chi connectivity index (χ0n) is 19.3. The van der Waals surface area contributed by atoms with Crippen LogP contribution in [0.2, 0.25) is 0 Å². The molecular formula is C24H23F2N5O4S. The van der Waals surface area contributed by atoms with Crippen LogP contribution in [0.3, 0.4) is 0 Å². The number of ether oxygens (including phenoxy) is 2. The molecule has 9 nitrogen and oxygen atoms in total. The molecule has 12 heteroatoms. The van der Waals surface area contributed by atoms with Gasteiger partial charge in [0.2, 0.25) is 10.0 Å². The fourth-order valence-electron chi connectivity index (χ4n) is 3.99. The van der Waals surface area contributed by atoms with Crippen LogP contribution in [0.4, 0.5) is 14.5 Å². The average molecular weight is 516 g/mol. The van der Waals surface area contributed by atoms with Gasteiger partial charge in [-0.1, -0.05) is 0 Å². The lowest BCUT2D eigenvalue weighted by atomic mass is 10.0. The van der Waals surface area contributed by atoms with Crippen LogP contribution in [0.25, 0.3) is 27.9 Å². The van der Waals surface area contributed by atoms with Gasteiger partial charge in [0.05, 0.1) is 37.4 Å². The summed E-state index contributed by atoms with van der Waals surface area (Å²) in [5.41, 5.74) is 2.28. The number of anilines is 1. The number of nitrogens with zero attached hydrogens (tertiary/aromatic N) is 4. The minimum absolute atomic E-state index is 0.110. The molecule has 0 spiro atoms. The number of nitrogens with one attached hydrogen (secondary N) is 1. The van der Waals surface area contributed by atoms with Crippen LogP contribution in [-0.4, -0.2) is 67.2 Å². The Hall–Kier alpha value is -3.61. The third-order valence-electron chi connectivity index (χ3n) is 5.64. The van der Waals surface area contributed by atoms with Crippen molar-refractivity contribution in [3.8, 4) is 28.1 Å². The normalized spacial score (nSPS) is 14.8. The number of hydrogen-bond acceptors (Lipinski definition) is 7. The van der Waals surface area contributed by atoms with Gasteiger partial charge in [-0.2, -0.15) is 5.10 Å². The Morgan fingerprint density at radius 2 is 1.86 bits per heavy atom. The van der Waals surface area contributed by atoms with Gasteiger partial charge in [0, 0.05) is 48.2 Å². The van der Waals surface area contributed by atoms with Crippen molar-refractivity contribution in [2.45, 2.75) is 0 Å². The fourth-order valence-corrected chi connectivity index (χ4v) is 4.54. The van der Waals surface area contributed by atoms with Crippen LogP contribution in [0, 0.1) is 11.6 Å². The number of rotatable bonds is 7. The first-order valence-electron chi connectivity index (χ1n) is 11.1. The molecule has 4 heterocycles. The van der Waals surface area contributed by atoms with Crippen LogP contribution >= 0.6 is 0 Å². The molecule has 0 radical (unpaired) electrons. The van der Waals surface area contributed by atoms with Gasteiger partial charge in [-0.25, -0.2) is 21.7 Å². The first-order chi connectivity index (χ1) is 17.2. The van der Waals surface area contributed by atoms with E-state index >= 15 is 0 Å². The first-order valence-corrected chi connectivity index (χ1v) is 13.0. The van der Waals surface area contributed by atoms with Crippen LogP contribution in [0.1, 0.15) is 0 Å². The SMILES string of the molecule is CS(=O)(=O)Nc1cc(-c2ncc(F)cc2F)cc(-c2cnn3ccc(OCN4CCOCC4)cc23)c1. The maximum absolute atomic E-state index is 14.5. The van der Waals surface area contributed by atoms with E-state index in [0.717, 1.165) is 31.6 Å². The molecule has 5 rings (SSSR count). The Balaban J connectivity index is 1.54. The Morgan fingerprint density at radius 1 is 1.08 bits per heavy atom. The highest BCUT2D eigenvalue weighted by Crippen LogP contribution is 2.34. The Labute approximate surface area is 206 Å². The topological polar surface area (TPSA) is 98.1 Å². The smallest absolute Gasteiger partial charge is 0.229 e. The van der Waals surface area contributed by atoms with E-state index in [1.54, 1.807) is 35.1 Å². The highest BCUT2D eigenvalue weighted by molar-refractivity contribution is 7.92. The monoisotopic (exact) mass is 515 g/mol. The standard InChI is InChI=1S/C24H23F2N5O4S/c1-36(32,33)29-19-9-16(8-17(10-19)24-22(26)11-18(25)13-27-24)21-14-28-31-3-2-20(12-23(21)31)35-15-30-4-6-34-7-5-30/h2-3,8-14,29H,4-7,15H2,1H3. The van der Waals surface area contributed by atoms with Crippen LogP contribution in [0.5, 0.6) is 5.75 Å². The molecule has 4 aromatic rings. The number of halogens is 2. The van der Waals surface area contributed by atoms with Gasteiger partial charge in [0.1, 0.15) is 24.0 Å². The second-order valence-electron chi connectivity index (χ2n) is 8.41. The van der Waals surface area contributed by atoms with E-state index in [0.29, 0.717) is 42.3 Å². The highest BCUT2D eigenvalue weighted by atomic mass is 32.2. The molecule has 0 aliphatic carbocycles. The minimum atomic E-state index is -3.62. The van der Waals surface area contributed by atoms with E-state index in [9.17, 15) is 17.2 Å². The Kier molecular flexibility index (Phi) is 6.56. The lowest BCUT2D eigenvalue weighted by Crippen LogP contribution is -2.38. The molecular weight excluding hydrogens is 492 g/mol. The number of aromatic nitrogens is 3. The molecule has 0 unspecified atom stereocenters. The molecule has 0 bridgehead atoms. The van der Waals surface area contributed by atoms with Gasteiger partial charge < -0.3 is 9.47 Å². The van der Waals surface area contributed by atoms with Crippen molar-refractivity contribution >= 4 is 21.2 Å². The maximum Gasteiger partial charge on any atom is 0.229 e. The lowest BCUT2D eigenvalue weighted by molar-refractivity contribution is 0.00408. The van der Waals surface area contributed by atoms with Crippen LogP contribution in [-0.2, 0) is 14.8 Å². The molecule has 0 saturated carbocycles. The second kappa shape index (κ2) is 9.80. The van der Waals surface area contributed by atoms with Crippen LogP contribution < -0.4 is 9.46 Å². The first kappa shape index (κ1) is 24.1. The number of benzene rings is 1. The van der Waals surface area contributed by atoms with Gasteiger partial charge in [0.25, 0.3) is 0 Å². The number of pyridine rings is 2. The quantitative estimate of drug-likeness (QED) is 0.403. The van der Waals surface area contributed by atoms with Crippen molar-refractivity contribution in [2.75, 3.05) is 44.0 Å². The molecule has 36 heavy (non-hydrogen) atoms. The summed E-state index contributed by atoms with van der Waals surface area (Å²) in [6.07, 6.45) is 5.30. The van der Waals surface area contributed by atoms with Crippen molar-refractivity contribution < 1.29 is 26.7 Å². The molecule has 1 aromatic carbocycles. The summed E-state index contributed by atoms with van der Waals surface area (Å²) in [6.45, 7) is 3.32. The van der Waals surface area contributed by atoms with E-state index < -0.39 is 21.7 Å². The third kappa shape index (κ3) is 5.45. The molecule has 188 valence electrons. The molecule has 0 amide bonds. The molecule has 0 atom stereocenters. The van der Waals surface area contributed by atoms with E-state index in [-0.39, 0.29) is 16.9 Å². The van der Waals surface area contributed by atoms with Crippen molar-refractivity contribution in [3.63, 3.8) is 0 Å². The summed E-state index contributed by atoms with van der Waals surface area (Å²) in [4.78, 5) is 6.01. The predicted molar refractivity (Wildman–Crippen MR) is 130 cm³/mol. The molecule has 1 aliphatic heterocycles. The summed E-state index contributed by atoms with van der Waals surface area (Å²) in [7, 11) is -3.62. The molecule has 1 N–H and O–H groups in total. The number of sulfonamides is 1. The van der Waals surface area contributed by atoms with Crippen molar-refractivity contribution in [1.82, 2.24) is 19.5 Å². The third-order valence-corrected chi connectivity index (χ3v) is 6.25. The summed E-state index contributed by atoms with van der Waals surface area (Å²) in [5.74, 6) is -1.04. The van der Waals surface area contributed by atoms with E-state index in [4.69, 9.17) is 9.47 Å². The zero-order valence-corrected chi connectivity index (χ0v) is 20.1. The fraction of sp³-hybridized carbons (Fsp3) is 0.250. The van der Waals surface area contributed by atoms with E-state index in [2.05, 4.69) is 19.7 Å². The molecule has 1 saturated heterocycles. The van der Waals surface area contributed by atoms with Gasteiger partial charge in [-0.3, -0.25) is 14.6 Å². The van der Waals surface area contributed by atoms with Crippen LogP contribution in [0.15, 0.2) is 55.0 Å². The van der Waals surface area contributed by atoms with E-state index in [1.165, 1.54) is 6.07 Å². The Bertz CT molecular complexity index is 1520. The number of morpholine rings is 1. The largest absolute Gasteiger partial charge is 0.478 e. The lowest BCUT2D eigenvalue weighted by Gasteiger charge is -2.26. The predicted octanol–water partition coefficient (Wildman–Crippen LogP) is 3.38. The zero-order chi connectivity index (χ0) is 25.3. The molecule has 1 fully saturated rings.